The van der Waals surface area contributed by atoms with Crippen LogP contribution in [0.2, 0.25) is 5.02 Å². The molecule has 19 heavy (non-hydrogen) atoms. The van der Waals surface area contributed by atoms with E-state index in [4.69, 9.17) is 11.6 Å². The molecule has 0 atom stereocenters. The monoisotopic (exact) mass is 298 g/mol. The van der Waals surface area contributed by atoms with Gasteiger partial charge in [0, 0.05) is 22.2 Å². The first-order chi connectivity index (χ1) is 8.86. The minimum Gasteiger partial charge on any atom is -0.380 e. The Labute approximate surface area is 121 Å². The maximum absolute atomic E-state index is 13.0. The van der Waals surface area contributed by atoms with Gasteiger partial charge in [0.2, 0.25) is 0 Å². The summed E-state index contributed by atoms with van der Waals surface area (Å²) in [5.74, 6) is -0.403. The molecule has 1 aromatic heterocycles. The fourth-order valence-electron chi connectivity index (χ4n) is 1.53. The third-order valence-electron chi connectivity index (χ3n) is 2.58. The molecule has 102 valence electrons. The van der Waals surface area contributed by atoms with Crippen molar-refractivity contribution in [2.45, 2.75) is 32.7 Å². The summed E-state index contributed by atoms with van der Waals surface area (Å²) in [6, 6.07) is 4.62. The quantitative estimate of drug-likeness (QED) is 0.876. The van der Waals surface area contributed by atoms with Crippen LogP contribution < -0.4 is 5.32 Å². The van der Waals surface area contributed by atoms with Crippen LogP contribution in [-0.2, 0) is 12.0 Å². The first kappa shape index (κ1) is 14.3. The fraction of sp³-hybridized carbons (Fsp3) is 0.357. The number of thiazole rings is 1. The minimum absolute atomic E-state index is 0.0715. The molecule has 0 fully saturated rings. The molecular formula is C14H16ClFN2S. The normalized spacial score (nSPS) is 11.6. The molecule has 1 aromatic carbocycles. The largest absolute Gasteiger partial charge is 0.380 e. The summed E-state index contributed by atoms with van der Waals surface area (Å²) in [4.78, 5) is 5.57. The Bertz CT molecular complexity index is 575. The highest BCUT2D eigenvalue weighted by atomic mass is 35.5. The van der Waals surface area contributed by atoms with Gasteiger partial charge >= 0.3 is 0 Å². The number of aromatic nitrogens is 1. The summed E-state index contributed by atoms with van der Waals surface area (Å²) < 4.78 is 13.0. The van der Waals surface area contributed by atoms with Crippen LogP contribution in [0.15, 0.2) is 24.4 Å². The fourth-order valence-corrected chi connectivity index (χ4v) is 2.62. The second-order valence-corrected chi connectivity index (χ2v) is 6.89. The lowest BCUT2D eigenvalue weighted by atomic mass is 9.98. The van der Waals surface area contributed by atoms with Crippen molar-refractivity contribution in [3.8, 4) is 0 Å². The van der Waals surface area contributed by atoms with Gasteiger partial charge in [-0.1, -0.05) is 32.4 Å². The van der Waals surface area contributed by atoms with Crippen LogP contribution in [-0.4, -0.2) is 4.98 Å². The van der Waals surface area contributed by atoms with E-state index in [0.29, 0.717) is 6.54 Å². The molecule has 1 heterocycles. The molecule has 2 nitrogen and oxygen atoms in total. The van der Waals surface area contributed by atoms with E-state index in [1.165, 1.54) is 6.07 Å². The molecule has 5 heteroatoms. The van der Waals surface area contributed by atoms with Gasteiger partial charge in [-0.05, 0) is 18.2 Å². The zero-order chi connectivity index (χ0) is 14.0. The van der Waals surface area contributed by atoms with Crippen molar-refractivity contribution in [1.29, 1.82) is 0 Å². The van der Waals surface area contributed by atoms with E-state index in [2.05, 4.69) is 31.1 Å². The molecule has 0 radical (unpaired) electrons. The molecule has 0 unspecified atom stereocenters. The zero-order valence-electron chi connectivity index (χ0n) is 11.1. The van der Waals surface area contributed by atoms with E-state index in [0.717, 1.165) is 15.6 Å². The number of anilines is 1. The van der Waals surface area contributed by atoms with Gasteiger partial charge in [-0.25, -0.2) is 9.37 Å². The maximum Gasteiger partial charge on any atom is 0.141 e. The highest BCUT2D eigenvalue weighted by Crippen LogP contribution is 2.27. The van der Waals surface area contributed by atoms with Crippen LogP contribution in [0.3, 0.4) is 0 Å². The van der Waals surface area contributed by atoms with E-state index in [1.807, 2.05) is 6.20 Å². The van der Waals surface area contributed by atoms with Gasteiger partial charge in [-0.2, -0.15) is 0 Å². The second kappa shape index (κ2) is 5.47. The van der Waals surface area contributed by atoms with Crippen molar-refractivity contribution in [2.75, 3.05) is 5.32 Å². The summed E-state index contributed by atoms with van der Waals surface area (Å²) in [6.45, 7) is 7.09. The molecule has 0 bridgehead atoms. The third kappa shape index (κ3) is 3.67. The highest BCUT2D eigenvalue weighted by Gasteiger charge is 2.17. The predicted molar refractivity (Wildman–Crippen MR) is 79.6 cm³/mol. The Morgan fingerprint density at radius 1 is 1.37 bits per heavy atom. The van der Waals surface area contributed by atoms with Crippen LogP contribution in [0.25, 0.3) is 0 Å². The zero-order valence-corrected chi connectivity index (χ0v) is 12.7. The van der Waals surface area contributed by atoms with Gasteiger partial charge in [0.25, 0.3) is 0 Å². The van der Waals surface area contributed by atoms with Crippen LogP contribution in [0.5, 0.6) is 0 Å². The van der Waals surface area contributed by atoms with Gasteiger partial charge in [0.15, 0.2) is 0 Å². The highest BCUT2D eigenvalue weighted by molar-refractivity contribution is 7.11. The van der Waals surface area contributed by atoms with Crippen molar-refractivity contribution < 1.29 is 4.39 Å². The first-order valence-corrected chi connectivity index (χ1v) is 7.20. The summed E-state index contributed by atoms with van der Waals surface area (Å²) in [5.41, 5.74) is 0.874. The number of benzene rings is 1. The molecule has 0 aliphatic rings. The van der Waals surface area contributed by atoms with Crippen molar-refractivity contribution in [3.63, 3.8) is 0 Å². The molecule has 0 aliphatic heterocycles. The molecular weight excluding hydrogens is 283 g/mol. The van der Waals surface area contributed by atoms with Crippen LogP contribution in [0, 0.1) is 5.82 Å². The molecule has 2 rings (SSSR count). The van der Waals surface area contributed by atoms with Gasteiger partial charge in [0.1, 0.15) is 5.82 Å². The minimum atomic E-state index is -0.403. The molecule has 0 saturated carbocycles. The molecule has 0 saturated heterocycles. The number of hydrogen-bond donors (Lipinski definition) is 1. The third-order valence-corrected chi connectivity index (χ3v) is 4.29. The van der Waals surface area contributed by atoms with Gasteiger partial charge in [0.05, 0.1) is 16.6 Å². The Balaban J connectivity index is 2.02. The van der Waals surface area contributed by atoms with E-state index in [-0.39, 0.29) is 10.4 Å². The molecule has 0 aliphatic carbocycles. The first-order valence-electron chi connectivity index (χ1n) is 6.00. The predicted octanol–water partition coefficient (Wildman–Crippen LogP) is 4.85. The van der Waals surface area contributed by atoms with E-state index in [9.17, 15) is 4.39 Å². The average molecular weight is 299 g/mol. The number of rotatable bonds is 3. The van der Waals surface area contributed by atoms with Crippen LogP contribution >= 0.6 is 22.9 Å². The smallest absolute Gasteiger partial charge is 0.141 e. The lowest BCUT2D eigenvalue weighted by Gasteiger charge is -2.13. The summed E-state index contributed by atoms with van der Waals surface area (Å²) in [5, 5.41) is 4.45. The topological polar surface area (TPSA) is 24.9 Å². The Morgan fingerprint density at radius 2 is 2.11 bits per heavy atom. The van der Waals surface area contributed by atoms with Gasteiger partial charge in [-0.15, -0.1) is 11.3 Å². The maximum atomic E-state index is 13.0. The Kier molecular flexibility index (Phi) is 4.11. The second-order valence-electron chi connectivity index (χ2n) is 5.36. The number of nitrogens with zero attached hydrogens (tertiary/aromatic N) is 1. The standard InChI is InChI=1S/C14H16ClFN2S/c1-14(2,3)13-18-8-10(19-13)7-17-9-4-5-12(16)11(15)6-9/h4-6,8,17H,7H2,1-3H3. The lowest BCUT2D eigenvalue weighted by molar-refractivity contribution is 0.585. The number of nitrogens with one attached hydrogen (secondary N) is 1. The van der Waals surface area contributed by atoms with Crippen molar-refractivity contribution in [1.82, 2.24) is 4.98 Å². The molecule has 1 N–H and O–H groups in total. The lowest BCUT2D eigenvalue weighted by Crippen LogP contribution is -2.09. The Hall–Kier alpha value is -1.13. The van der Waals surface area contributed by atoms with Crippen LogP contribution in [0.1, 0.15) is 30.7 Å². The van der Waals surface area contributed by atoms with E-state index in [1.54, 1.807) is 23.5 Å². The Morgan fingerprint density at radius 3 is 2.68 bits per heavy atom. The van der Waals surface area contributed by atoms with Gasteiger partial charge < -0.3 is 5.32 Å². The number of hydrogen-bond acceptors (Lipinski definition) is 3. The molecule has 0 amide bonds. The summed E-state index contributed by atoms with van der Waals surface area (Å²) in [7, 11) is 0. The van der Waals surface area contributed by atoms with Crippen molar-refractivity contribution >= 4 is 28.6 Å². The SMILES string of the molecule is CC(C)(C)c1ncc(CNc2ccc(F)c(Cl)c2)s1. The van der Waals surface area contributed by atoms with E-state index < -0.39 is 5.82 Å². The van der Waals surface area contributed by atoms with Crippen LogP contribution in [0.4, 0.5) is 10.1 Å². The van der Waals surface area contributed by atoms with Gasteiger partial charge in [-0.3, -0.25) is 0 Å². The van der Waals surface area contributed by atoms with E-state index >= 15 is 0 Å². The average Bonchev–Trinajstić information content (AvgIpc) is 2.79. The summed E-state index contributed by atoms with van der Waals surface area (Å²) in [6.07, 6.45) is 1.88. The molecule has 2 aromatic rings. The van der Waals surface area contributed by atoms with Crippen molar-refractivity contribution in [3.05, 3.63) is 45.1 Å². The summed E-state index contributed by atoms with van der Waals surface area (Å²) >= 11 is 7.42. The van der Waals surface area contributed by atoms with Crippen molar-refractivity contribution in [2.24, 2.45) is 0 Å². The number of halogens is 2. The molecule has 0 spiro atoms.